The number of likely N-dealkylation sites (tertiary alicyclic amines) is 1. The van der Waals surface area contributed by atoms with Gasteiger partial charge >= 0.3 is 6.03 Å². The summed E-state index contributed by atoms with van der Waals surface area (Å²) in [6, 6.07) is 12.9. The van der Waals surface area contributed by atoms with Crippen molar-refractivity contribution < 1.29 is 14.0 Å². The van der Waals surface area contributed by atoms with Gasteiger partial charge in [0.25, 0.3) is 5.91 Å². The van der Waals surface area contributed by atoms with Crippen molar-refractivity contribution in [1.82, 2.24) is 15.1 Å². The first-order valence-corrected chi connectivity index (χ1v) is 10.9. The third-order valence-corrected chi connectivity index (χ3v) is 6.27. The van der Waals surface area contributed by atoms with Crippen molar-refractivity contribution in [3.05, 3.63) is 69.4 Å². The van der Waals surface area contributed by atoms with Gasteiger partial charge in [-0.1, -0.05) is 41.1 Å². The molecule has 31 heavy (non-hydrogen) atoms. The van der Waals surface area contributed by atoms with E-state index >= 15 is 0 Å². The SMILES string of the molecule is O=C(Nc1ccccc1)c1nnc([C@H]2CCCN(C(=O)Nc3ccc(F)c(Cl)c3)C2)s1. The number of hydrogen-bond donors (Lipinski definition) is 2. The van der Waals surface area contributed by atoms with Crippen molar-refractivity contribution >= 4 is 46.3 Å². The summed E-state index contributed by atoms with van der Waals surface area (Å²) < 4.78 is 13.3. The van der Waals surface area contributed by atoms with E-state index < -0.39 is 5.82 Å². The summed E-state index contributed by atoms with van der Waals surface area (Å²) >= 11 is 7.02. The van der Waals surface area contributed by atoms with E-state index in [2.05, 4.69) is 20.8 Å². The summed E-state index contributed by atoms with van der Waals surface area (Å²) in [6.45, 7) is 1.05. The van der Waals surface area contributed by atoms with E-state index in [1.165, 1.54) is 29.5 Å². The van der Waals surface area contributed by atoms with Crippen molar-refractivity contribution in [3.63, 3.8) is 0 Å². The Morgan fingerprint density at radius 1 is 1.10 bits per heavy atom. The lowest BCUT2D eigenvalue weighted by molar-refractivity contribution is 0.102. The van der Waals surface area contributed by atoms with E-state index in [1.54, 1.807) is 17.0 Å². The number of urea groups is 1. The molecule has 3 aromatic rings. The zero-order chi connectivity index (χ0) is 21.8. The number of rotatable bonds is 4. The number of amides is 3. The summed E-state index contributed by atoms with van der Waals surface area (Å²) in [6.07, 6.45) is 1.65. The van der Waals surface area contributed by atoms with Crippen LogP contribution in [0, 0.1) is 5.82 Å². The van der Waals surface area contributed by atoms with E-state index in [0.29, 0.717) is 24.5 Å². The Morgan fingerprint density at radius 3 is 2.68 bits per heavy atom. The summed E-state index contributed by atoms with van der Waals surface area (Å²) in [5.41, 5.74) is 1.11. The summed E-state index contributed by atoms with van der Waals surface area (Å²) in [4.78, 5) is 26.7. The van der Waals surface area contributed by atoms with Crippen LogP contribution >= 0.6 is 22.9 Å². The highest BCUT2D eigenvalue weighted by atomic mass is 35.5. The number of carbonyl (C=O) groups excluding carboxylic acids is 2. The van der Waals surface area contributed by atoms with Crippen molar-refractivity contribution in [3.8, 4) is 0 Å². The molecule has 4 rings (SSSR count). The van der Waals surface area contributed by atoms with Crippen LogP contribution in [0.25, 0.3) is 0 Å². The molecular weight excluding hydrogens is 441 g/mol. The molecule has 10 heteroatoms. The van der Waals surface area contributed by atoms with Gasteiger partial charge in [-0.2, -0.15) is 0 Å². The first kappa shape index (κ1) is 21.2. The van der Waals surface area contributed by atoms with Gasteiger partial charge in [0, 0.05) is 30.4 Å². The number of piperidine rings is 1. The fourth-order valence-corrected chi connectivity index (χ4v) is 4.38. The smallest absolute Gasteiger partial charge is 0.321 e. The van der Waals surface area contributed by atoms with Crippen LogP contribution in [-0.4, -0.2) is 40.1 Å². The Labute approximate surface area is 187 Å². The second-order valence-electron chi connectivity index (χ2n) is 7.11. The number of para-hydroxylation sites is 1. The maximum Gasteiger partial charge on any atom is 0.321 e. The Kier molecular flexibility index (Phi) is 6.43. The highest BCUT2D eigenvalue weighted by Crippen LogP contribution is 2.30. The van der Waals surface area contributed by atoms with Gasteiger partial charge in [0.2, 0.25) is 5.01 Å². The summed E-state index contributed by atoms with van der Waals surface area (Å²) in [5, 5.41) is 14.7. The Hall–Kier alpha value is -3.04. The van der Waals surface area contributed by atoms with E-state index in [-0.39, 0.29) is 27.9 Å². The number of nitrogens with zero attached hydrogens (tertiary/aromatic N) is 3. The molecule has 1 aliphatic rings. The van der Waals surface area contributed by atoms with Gasteiger partial charge in [-0.3, -0.25) is 4.79 Å². The van der Waals surface area contributed by atoms with Gasteiger partial charge in [0.1, 0.15) is 10.8 Å². The molecule has 1 atom stereocenters. The molecule has 160 valence electrons. The topological polar surface area (TPSA) is 87.2 Å². The van der Waals surface area contributed by atoms with Crippen LogP contribution in [0.3, 0.4) is 0 Å². The molecule has 0 unspecified atom stereocenters. The molecule has 1 aromatic heterocycles. The minimum atomic E-state index is -0.541. The first-order chi connectivity index (χ1) is 15.0. The molecule has 0 bridgehead atoms. The number of carbonyl (C=O) groups is 2. The molecule has 2 aromatic carbocycles. The first-order valence-electron chi connectivity index (χ1n) is 9.70. The molecular formula is C21H19ClFN5O2S. The summed E-state index contributed by atoms with van der Waals surface area (Å²) in [5.74, 6) is -0.860. The van der Waals surface area contributed by atoms with Crippen LogP contribution in [0.2, 0.25) is 5.02 Å². The fourth-order valence-electron chi connectivity index (χ4n) is 3.34. The second-order valence-corrected chi connectivity index (χ2v) is 8.53. The monoisotopic (exact) mass is 459 g/mol. The molecule has 2 heterocycles. The molecule has 7 nitrogen and oxygen atoms in total. The van der Waals surface area contributed by atoms with Gasteiger partial charge in [0.15, 0.2) is 0 Å². The van der Waals surface area contributed by atoms with Crippen LogP contribution < -0.4 is 10.6 Å². The summed E-state index contributed by atoms with van der Waals surface area (Å²) in [7, 11) is 0. The van der Waals surface area contributed by atoms with Crippen LogP contribution in [-0.2, 0) is 0 Å². The normalized spacial score (nSPS) is 16.1. The van der Waals surface area contributed by atoms with Gasteiger partial charge in [-0.15, -0.1) is 10.2 Å². The third kappa shape index (κ3) is 5.18. The van der Waals surface area contributed by atoms with Gasteiger partial charge in [-0.25, -0.2) is 9.18 Å². The van der Waals surface area contributed by atoms with Crippen molar-refractivity contribution in [2.75, 3.05) is 23.7 Å². The highest BCUT2D eigenvalue weighted by molar-refractivity contribution is 7.13. The number of aromatic nitrogens is 2. The van der Waals surface area contributed by atoms with Crippen LogP contribution in [0.15, 0.2) is 48.5 Å². The van der Waals surface area contributed by atoms with Crippen molar-refractivity contribution in [2.45, 2.75) is 18.8 Å². The van der Waals surface area contributed by atoms with Crippen LogP contribution in [0.4, 0.5) is 20.6 Å². The minimum Gasteiger partial charge on any atom is -0.324 e. The second kappa shape index (κ2) is 9.40. The molecule has 1 saturated heterocycles. The van der Waals surface area contributed by atoms with Crippen molar-refractivity contribution in [1.29, 1.82) is 0 Å². The van der Waals surface area contributed by atoms with Gasteiger partial charge in [-0.05, 0) is 43.2 Å². The number of anilines is 2. The maximum absolute atomic E-state index is 13.3. The standard InChI is InChI=1S/C21H19ClFN5O2S/c22-16-11-15(8-9-17(16)23)25-21(30)28-10-4-5-13(12-28)19-26-27-20(31-19)18(29)24-14-6-2-1-3-7-14/h1-3,6-9,11,13H,4-5,10,12H2,(H,24,29)(H,25,30)/t13-/m0/s1. The van der Waals surface area contributed by atoms with E-state index in [0.717, 1.165) is 17.8 Å². The number of halogens is 2. The lowest BCUT2D eigenvalue weighted by Crippen LogP contribution is -2.41. The number of benzene rings is 2. The molecule has 0 spiro atoms. The Morgan fingerprint density at radius 2 is 1.90 bits per heavy atom. The largest absolute Gasteiger partial charge is 0.324 e. The molecule has 0 aliphatic carbocycles. The predicted octanol–water partition coefficient (Wildman–Crippen LogP) is 4.99. The average Bonchev–Trinajstić information content (AvgIpc) is 3.28. The highest BCUT2D eigenvalue weighted by Gasteiger charge is 2.28. The quantitative estimate of drug-likeness (QED) is 0.575. The Balaban J connectivity index is 1.38. The molecule has 2 N–H and O–H groups in total. The molecule has 0 radical (unpaired) electrons. The van der Waals surface area contributed by atoms with Crippen molar-refractivity contribution in [2.24, 2.45) is 0 Å². The number of hydrogen-bond acceptors (Lipinski definition) is 5. The lowest BCUT2D eigenvalue weighted by Gasteiger charge is -2.31. The maximum atomic E-state index is 13.3. The van der Waals surface area contributed by atoms with E-state index in [1.807, 2.05) is 18.2 Å². The van der Waals surface area contributed by atoms with Gasteiger partial charge in [0.05, 0.1) is 5.02 Å². The molecule has 0 saturated carbocycles. The zero-order valence-electron chi connectivity index (χ0n) is 16.3. The van der Waals surface area contributed by atoms with Crippen LogP contribution in [0.5, 0.6) is 0 Å². The average molecular weight is 460 g/mol. The molecule has 1 aliphatic heterocycles. The lowest BCUT2D eigenvalue weighted by atomic mass is 9.99. The molecule has 1 fully saturated rings. The fraction of sp³-hybridized carbons (Fsp3) is 0.238. The minimum absolute atomic E-state index is 0.00733. The predicted molar refractivity (Wildman–Crippen MR) is 118 cm³/mol. The zero-order valence-corrected chi connectivity index (χ0v) is 17.9. The Bertz CT molecular complexity index is 1090. The molecule has 3 amide bonds. The van der Waals surface area contributed by atoms with Crippen LogP contribution in [0.1, 0.15) is 33.6 Å². The third-order valence-electron chi connectivity index (χ3n) is 4.90. The number of nitrogens with one attached hydrogen (secondary N) is 2. The van der Waals surface area contributed by atoms with E-state index in [9.17, 15) is 14.0 Å². The van der Waals surface area contributed by atoms with E-state index in [4.69, 9.17) is 11.6 Å². The van der Waals surface area contributed by atoms with Gasteiger partial charge < -0.3 is 15.5 Å².